The maximum atomic E-state index is 9.20. The first-order valence-corrected chi connectivity index (χ1v) is 4.73. The van der Waals surface area contributed by atoms with E-state index in [-0.39, 0.29) is 6.61 Å². The highest BCUT2D eigenvalue weighted by atomic mass is 16.3. The van der Waals surface area contributed by atoms with Crippen LogP contribution in [0.3, 0.4) is 0 Å². The van der Waals surface area contributed by atoms with E-state index in [0.717, 1.165) is 19.0 Å². The van der Waals surface area contributed by atoms with Crippen molar-refractivity contribution in [3.63, 3.8) is 0 Å². The fourth-order valence-corrected chi connectivity index (χ4v) is 1.81. The quantitative estimate of drug-likeness (QED) is 0.635. The fraction of sp³-hybridized carbons (Fsp3) is 1.00. The normalized spacial score (nSPS) is 28.8. The molecule has 0 aromatic heterocycles. The molecular formula is C9H19NO2. The topological polar surface area (TPSA) is 43.7 Å². The molecule has 0 aromatic carbocycles. The van der Waals surface area contributed by atoms with E-state index in [0.29, 0.717) is 6.54 Å². The van der Waals surface area contributed by atoms with E-state index in [9.17, 15) is 5.11 Å². The molecule has 1 saturated heterocycles. The molecule has 0 spiro atoms. The standard InChI is InChI=1S/C9H19NO2/c1-8-3-2-4-10(5-8)6-9(12)7-11/h8-9,11-12H,2-7H2,1H3. The van der Waals surface area contributed by atoms with E-state index < -0.39 is 6.10 Å². The molecule has 2 atom stereocenters. The average Bonchev–Trinajstić information content (AvgIpc) is 2.04. The lowest BCUT2D eigenvalue weighted by Crippen LogP contribution is -2.40. The molecule has 1 rings (SSSR count). The summed E-state index contributed by atoms with van der Waals surface area (Å²) in [5, 5.41) is 17.9. The summed E-state index contributed by atoms with van der Waals surface area (Å²) in [4.78, 5) is 2.23. The Morgan fingerprint density at radius 3 is 2.92 bits per heavy atom. The Kier molecular flexibility index (Phi) is 3.98. The lowest BCUT2D eigenvalue weighted by Gasteiger charge is -2.31. The summed E-state index contributed by atoms with van der Waals surface area (Å²) in [6.45, 7) is 4.88. The van der Waals surface area contributed by atoms with Gasteiger partial charge in [-0.15, -0.1) is 0 Å². The van der Waals surface area contributed by atoms with Crippen molar-refractivity contribution in [3.8, 4) is 0 Å². The van der Waals surface area contributed by atoms with Crippen molar-refractivity contribution >= 4 is 0 Å². The summed E-state index contributed by atoms with van der Waals surface area (Å²) in [6, 6.07) is 0. The minimum absolute atomic E-state index is 0.120. The Balaban J connectivity index is 2.22. The number of aliphatic hydroxyl groups is 2. The van der Waals surface area contributed by atoms with Crippen LogP contribution in [0.15, 0.2) is 0 Å². The molecule has 3 nitrogen and oxygen atoms in total. The molecule has 2 N–H and O–H groups in total. The zero-order chi connectivity index (χ0) is 8.97. The van der Waals surface area contributed by atoms with Crippen LogP contribution in [-0.4, -0.2) is 47.5 Å². The molecule has 0 saturated carbocycles. The van der Waals surface area contributed by atoms with Crippen LogP contribution in [0.5, 0.6) is 0 Å². The number of aliphatic hydroxyl groups excluding tert-OH is 2. The predicted octanol–water partition coefficient (Wildman–Crippen LogP) is 0.0715. The molecule has 1 heterocycles. The predicted molar refractivity (Wildman–Crippen MR) is 47.9 cm³/mol. The van der Waals surface area contributed by atoms with E-state index in [1.165, 1.54) is 12.8 Å². The van der Waals surface area contributed by atoms with Crippen LogP contribution in [-0.2, 0) is 0 Å². The van der Waals surface area contributed by atoms with E-state index in [2.05, 4.69) is 11.8 Å². The van der Waals surface area contributed by atoms with Crippen LogP contribution in [0.1, 0.15) is 19.8 Å². The number of β-amino-alcohol motifs (C(OH)–C–C–N with tert-alkyl or cyclic N) is 1. The second kappa shape index (κ2) is 4.80. The lowest BCUT2D eigenvalue weighted by atomic mass is 10.0. The van der Waals surface area contributed by atoms with Crippen molar-refractivity contribution < 1.29 is 10.2 Å². The van der Waals surface area contributed by atoms with Crippen molar-refractivity contribution in [2.45, 2.75) is 25.9 Å². The third-order valence-corrected chi connectivity index (χ3v) is 2.42. The SMILES string of the molecule is CC1CCCN(CC(O)CO)C1. The maximum absolute atomic E-state index is 9.20. The third-order valence-electron chi connectivity index (χ3n) is 2.42. The van der Waals surface area contributed by atoms with Gasteiger partial charge in [0.25, 0.3) is 0 Å². The Hall–Kier alpha value is -0.120. The maximum Gasteiger partial charge on any atom is 0.0897 e. The molecule has 1 aliphatic rings. The summed E-state index contributed by atoms with van der Waals surface area (Å²) in [7, 11) is 0. The van der Waals surface area contributed by atoms with Crippen molar-refractivity contribution in [2.24, 2.45) is 5.92 Å². The number of hydrogen-bond acceptors (Lipinski definition) is 3. The lowest BCUT2D eigenvalue weighted by molar-refractivity contribution is 0.0461. The molecule has 0 aromatic rings. The molecule has 0 bridgehead atoms. The Morgan fingerprint density at radius 2 is 2.33 bits per heavy atom. The van der Waals surface area contributed by atoms with Gasteiger partial charge in [-0.2, -0.15) is 0 Å². The van der Waals surface area contributed by atoms with Crippen LogP contribution >= 0.6 is 0 Å². The zero-order valence-electron chi connectivity index (χ0n) is 7.74. The highest BCUT2D eigenvalue weighted by Gasteiger charge is 2.17. The Labute approximate surface area is 74.0 Å². The van der Waals surface area contributed by atoms with Crippen molar-refractivity contribution in [2.75, 3.05) is 26.2 Å². The van der Waals surface area contributed by atoms with Crippen LogP contribution < -0.4 is 0 Å². The molecular weight excluding hydrogens is 154 g/mol. The van der Waals surface area contributed by atoms with Gasteiger partial charge in [0.1, 0.15) is 0 Å². The molecule has 1 aliphatic heterocycles. The number of nitrogens with zero attached hydrogens (tertiary/aromatic N) is 1. The molecule has 3 heteroatoms. The zero-order valence-corrected chi connectivity index (χ0v) is 7.74. The van der Waals surface area contributed by atoms with E-state index in [4.69, 9.17) is 5.11 Å². The first-order chi connectivity index (χ1) is 5.72. The minimum Gasteiger partial charge on any atom is -0.394 e. The summed E-state index contributed by atoms with van der Waals surface area (Å²) in [6.07, 6.45) is 1.96. The molecule has 0 amide bonds. The first kappa shape index (κ1) is 9.96. The smallest absolute Gasteiger partial charge is 0.0897 e. The molecule has 72 valence electrons. The van der Waals surface area contributed by atoms with Crippen LogP contribution in [0, 0.1) is 5.92 Å². The molecule has 0 aliphatic carbocycles. The summed E-state index contributed by atoms with van der Waals surface area (Å²) in [5.74, 6) is 0.740. The van der Waals surface area contributed by atoms with Gasteiger partial charge in [-0.05, 0) is 25.3 Å². The molecule has 2 unspecified atom stereocenters. The monoisotopic (exact) mass is 173 g/mol. The van der Waals surface area contributed by atoms with Crippen molar-refractivity contribution in [1.82, 2.24) is 4.90 Å². The van der Waals surface area contributed by atoms with Crippen molar-refractivity contribution in [1.29, 1.82) is 0 Å². The van der Waals surface area contributed by atoms with Gasteiger partial charge in [-0.1, -0.05) is 6.92 Å². The van der Waals surface area contributed by atoms with Crippen LogP contribution in [0.25, 0.3) is 0 Å². The highest BCUT2D eigenvalue weighted by Crippen LogP contribution is 2.15. The first-order valence-electron chi connectivity index (χ1n) is 4.73. The summed E-state index contributed by atoms with van der Waals surface area (Å²) in [5.41, 5.74) is 0. The summed E-state index contributed by atoms with van der Waals surface area (Å²) >= 11 is 0. The minimum atomic E-state index is -0.560. The molecule has 1 fully saturated rings. The average molecular weight is 173 g/mol. The number of piperidine rings is 1. The van der Waals surface area contributed by atoms with Gasteiger partial charge >= 0.3 is 0 Å². The number of likely N-dealkylation sites (tertiary alicyclic amines) is 1. The van der Waals surface area contributed by atoms with Gasteiger partial charge in [0.15, 0.2) is 0 Å². The van der Waals surface area contributed by atoms with Gasteiger partial charge in [0.2, 0.25) is 0 Å². The van der Waals surface area contributed by atoms with E-state index in [1.807, 2.05) is 0 Å². The van der Waals surface area contributed by atoms with E-state index in [1.54, 1.807) is 0 Å². The van der Waals surface area contributed by atoms with Gasteiger partial charge in [-0.3, -0.25) is 0 Å². The Bertz CT molecular complexity index is 130. The van der Waals surface area contributed by atoms with Gasteiger partial charge in [0.05, 0.1) is 12.7 Å². The summed E-state index contributed by atoms with van der Waals surface area (Å²) < 4.78 is 0. The molecule has 0 radical (unpaired) electrons. The van der Waals surface area contributed by atoms with Gasteiger partial charge < -0.3 is 15.1 Å². The van der Waals surface area contributed by atoms with Crippen LogP contribution in [0.4, 0.5) is 0 Å². The highest BCUT2D eigenvalue weighted by molar-refractivity contribution is 4.72. The second-order valence-electron chi connectivity index (χ2n) is 3.84. The van der Waals surface area contributed by atoms with Crippen molar-refractivity contribution in [3.05, 3.63) is 0 Å². The van der Waals surface area contributed by atoms with Gasteiger partial charge in [0, 0.05) is 13.1 Å². The molecule has 12 heavy (non-hydrogen) atoms. The largest absolute Gasteiger partial charge is 0.394 e. The van der Waals surface area contributed by atoms with Crippen LogP contribution in [0.2, 0.25) is 0 Å². The number of hydrogen-bond donors (Lipinski definition) is 2. The van der Waals surface area contributed by atoms with Gasteiger partial charge in [-0.25, -0.2) is 0 Å². The van der Waals surface area contributed by atoms with E-state index >= 15 is 0 Å². The Morgan fingerprint density at radius 1 is 1.58 bits per heavy atom. The third kappa shape index (κ3) is 3.09. The fourth-order valence-electron chi connectivity index (χ4n) is 1.81. The number of rotatable bonds is 3. The second-order valence-corrected chi connectivity index (χ2v) is 3.84.